The first kappa shape index (κ1) is 72.3. The van der Waals surface area contributed by atoms with Gasteiger partial charge in [-0.1, -0.05) is 48.0 Å². The van der Waals surface area contributed by atoms with Gasteiger partial charge in [-0.3, -0.25) is 115 Å². The Morgan fingerprint density at radius 1 is 0.218 bits per heavy atom. The molecule has 12 aliphatic heterocycles. The van der Waals surface area contributed by atoms with Crippen molar-refractivity contribution in [3.8, 4) is 0 Å². The highest BCUT2D eigenvalue weighted by atomic mass is 16.6. The molecule has 12 heterocycles. The van der Waals surface area contributed by atoms with Crippen molar-refractivity contribution in [2.75, 3.05) is 0 Å². The topological polar surface area (TPSA) is 520 Å². The van der Waals surface area contributed by atoms with Gasteiger partial charge in [-0.2, -0.15) is 0 Å². The van der Waals surface area contributed by atoms with Gasteiger partial charge in [0.05, 0.1) is 144 Å². The molecule has 4 bridgehead atoms. The summed E-state index contributed by atoms with van der Waals surface area (Å²) in [6.45, 7) is 1.90. The molecule has 36 nitrogen and oxygen atoms in total. The lowest BCUT2D eigenvalue weighted by Gasteiger charge is -2.33. The van der Waals surface area contributed by atoms with Crippen LogP contribution in [-0.2, 0) is 172 Å². The predicted molar refractivity (Wildman–Crippen MR) is 329 cm³/mol. The molecular formula is C74H58O36. The van der Waals surface area contributed by atoms with E-state index >= 15 is 0 Å². The number of carbonyl (C=O) groups is 24. The van der Waals surface area contributed by atoms with E-state index in [1.807, 2.05) is 37.3 Å². The summed E-state index contributed by atoms with van der Waals surface area (Å²) < 4.78 is 55.1. The fourth-order valence-electron chi connectivity index (χ4n) is 20.5. The highest BCUT2D eigenvalue weighted by Crippen LogP contribution is 2.62. The van der Waals surface area contributed by atoms with Gasteiger partial charge in [0.1, 0.15) is 0 Å². The number of hydrogen-bond donors (Lipinski definition) is 0. The SMILES string of the molecule is Cc1ccc2c(c1)C1C(=O)OC(=O)C1CC2C1CC(=O)OC1=O.O=C1CC(C2CC3C(=O)OC(=O)C3c3ccccc32)C(=O)O1.O=C1CC2C(CC3C(=O)OC(=O)C32)C(=O)O1.O=C1OC(=O)C2C1CC1C(=O)OC(=O)C12.O=C1OC(=O)C2CC1C1C3CC(C(=O)OC3=O)C21.O=C1OC(=O)C2CC3C(=O)OC(=O)C3CC12. The van der Waals surface area contributed by atoms with Gasteiger partial charge in [0.25, 0.3) is 0 Å². The number of fused-ring (bicyclic) bond motifs is 23. The number of hydrogen-bond acceptors (Lipinski definition) is 36. The zero-order chi connectivity index (χ0) is 78.0. The van der Waals surface area contributed by atoms with Crippen LogP contribution in [-0.4, -0.2) is 143 Å². The van der Waals surface area contributed by atoms with Crippen LogP contribution in [0.3, 0.4) is 0 Å². The molecule has 2 aromatic carbocycles. The van der Waals surface area contributed by atoms with Gasteiger partial charge in [0, 0.05) is 0 Å². The van der Waals surface area contributed by atoms with Gasteiger partial charge in [0.2, 0.25) is 0 Å². The second-order valence-corrected chi connectivity index (χ2v) is 30.6. The van der Waals surface area contributed by atoms with Crippen molar-refractivity contribution in [2.24, 2.45) is 130 Å². The van der Waals surface area contributed by atoms with E-state index in [0.29, 0.717) is 31.2 Å². The van der Waals surface area contributed by atoms with Crippen LogP contribution in [0.2, 0.25) is 0 Å². The fourth-order valence-corrected chi connectivity index (χ4v) is 20.5. The lowest BCUT2D eigenvalue weighted by atomic mass is 9.67. The maximum atomic E-state index is 12.0. The summed E-state index contributed by atoms with van der Waals surface area (Å²) in [7, 11) is 0. The smallest absolute Gasteiger partial charge is 0.321 e. The minimum atomic E-state index is -0.804. The number of ether oxygens (including phenoxy) is 12. The minimum absolute atomic E-state index is 0.0111. The van der Waals surface area contributed by atoms with Crippen LogP contribution < -0.4 is 0 Å². The molecule has 24 unspecified atom stereocenters. The highest BCUT2D eigenvalue weighted by Gasteiger charge is 2.69. The molecule has 0 N–H and O–H groups in total. The monoisotopic (exact) mass is 1520 g/mol. The van der Waals surface area contributed by atoms with Gasteiger partial charge in [-0.15, -0.1) is 0 Å². The third-order valence-corrected chi connectivity index (χ3v) is 25.3. The average Bonchev–Trinajstić information content (AvgIpc) is 1.55. The van der Waals surface area contributed by atoms with E-state index in [1.165, 1.54) is 0 Å². The molecule has 0 amide bonds. The number of rotatable bonds is 2. The Kier molecular flexibility index (Phi) is 17.6. The first-order valence-electron chi connectivity index (χ1n) is 35.6. The molecule has 570 valence electrons. The zero-order valence-electron chi connectivity index (χ0n) is 57.0. The summed E-state index contributed by atoms with van der Waals surface area (Å²) in [5.74, 6) is -27.7. The normalized spacial score (nSPS) is 39.3. The summed E-state index contributed by atoms with van der Waals surface area (Å²) in [5.41, 5.74) is 4.06. The van der Waals surface area contributed by atoms with E-state index in [1.54, 1.807) is 12.1 Å². The Balaban J connectivity index is 0.000000101. The molecule has 5 saturated carbocycles. The Labute approximate surface area is 614 Å². The molecule has 0 aromatic heterocycles. The molecule has 19 aliphatic rings. The number of cyclic esters (lactones) is 24. The highest BCUT2D eigenvalue weighted by molar-refractivity contribution is 6.08. The summed E-state index contributed by atoms with van der Waals surface area (Å²) >= 11 is 0. The third-order valence-electron chi connectivity index (χ3n) is 25.3. The lowest BCUT2D eigenvalue weighted by molar-refractivity contribution is -0.176. The molecule has 110 heavy (non-hydrogen) atoms. The van der Waals surface area contributed by atoms with Crippen molar-refractivity contribution in [3.63, 3.8) is 0 Å². The largest absolute Gasteiger partial charge is 0.393 e. The van der Waals surface area contributed by atoms with Gasteiger partial charge < -0.3 is 56.8 Å². The molecule has 12 saturated heterocycles. The first-order valence-corrected chi connectivity index (χ1v) is 35.6. The number of benzene rings is 2. The minimum Gasteiger partial charge on any atom is -0.393 e. The van der Waals surface area contributed by atoms with Crippen molar-refractivity contribution < 1.29 is 172 Å². The van der Waals surface area contributed by atoms with Crippen molar-refractivity contribution in [1.82, 2.24) is 0 Å². The van der Waals surface area contributed by atoms with Crippen LogP contribution >= 0.6 is 0 Å². The molecular weight excluding hydrogens is 1460 g/mol. The van der Waals surface area contributed by atoms with Crippen molar-refractivity contribution in [2.45, 2.75) is 101 Å². The predicted octanol–water partition coefficient (Wildman–Crippen LogP) is -0.0949. The Hall–Kier alpha value is -11.9. The molecule has 24 atom stereocenters. The molecule has 2 aromatic rings. The average molecular weight is 1520 g/mol. The van der Waals surface area contributed by atoms with E-state index in [2.05, 4.69) is 37.9 Å². The molecule has 17 fully saturated rings. The Morgan fingerprint density at radius 2 is 0.491 bits per heavy atom. The molecule has 0 spiro atoms. The van der Waals surface area contributed by atoms with Crippen molar-refractivity contribution in [3.05, 3.63) is 70.3 Å². The zero-order valence-corrected chi connectivity index (χ0v) is 57.0. The lowest BCUT2D eigenvalue weighted by Crippen LogP contribution is -2.38. The van der Waals surface area contributed by atoms with Crippen LogP contribution in [0.4, 0.5) is 0 Å². The molecule has 7 aliphatic carbocycles. The summed E-state index contributed by atoms with van der Waals surface area (Å²) in [6, 6.07) is 12.8. The summed E-state index contributed by atoms with van der Waals surface area (Å²) in [4.78, 5) is 277. The van der Waals surface area contributed by atoms with E-state index < -0.39 is 273 Å². The molecule has 36 heteroatoms. The van der Waals surface area contributed by atoms with Crippen LogP contribution in [0.5, 0.6) is 0 Å². The summed E-state index contributed by atoms with van der Waals surface area (Å²) in [5, 5.41) is 0. The van der Waals surface area contributed by atoms with Crippen LogP contribution in [0.1, 0.15) is 122 Å². The maximum Gasteiger partial charge on any atom is 0.321 e. The van der Waals surface area contributed by atoms with Gasteiger partial charge in [0.15, 0.2) is 0 Å². The first-order chi connectivity index (χ1) is 52.3. The molecule has 21 rings (SSSR count). The number of esters is 24. The Morgan fingerprint density at radius 3 is 0.900 bits per heavy atom. The van der Waals surface area contributed by atoms with E-state index in [-0.39, 0.29) is 68.6 Å². The van der Waals surface area contributed by atoms with E-state index in [9.17, 15) is 115 Å². The third kappa shape index (κ3) is 11.7. The number of carbonyl (C=O) groups excluding carboxylic acids is 24. The number of aryl methyl sites for hydroxylation is 1. The fraction of sp³-hybridized carbons (Fsp3) is 0.514. The van der Waals surface area contributed by atoms with Crippen molar-refractivity contribution in [1.29, 1.82) is 0 Å². The van der Waals surface area contributed by atoms with E-state index in [4.69, 9.17) is 18.9 Å². The second kappa shape index (κ2) is 26.8. The van der Waals surface area contributed by atoms with Gasteiger partial charge in [-0.05, 0) is 110 Å². The Bertz CT molecular complexity index is 4520. The van der Waals surface area contributed by atoms with Crippen LogP contribution in [0.25, 0.3) is 0 Å². The van der Waals surface area contributed by atoms with Crippen molar-refractivity contribution >= 4 is 143 Å². The van der Waals surface area contributed by atoms with Crippen LogP contribution in [0, 0.1) is 137 Å². The van der Waals surface area contributed by atoms with Gasteiger partial charge in [-0.25, -0.2) is 0 Å². The second-order valence-electron chi connectivity index (χ2n) is 30.6. The maximum absolute atomic E-state index is 12.0. The standard InChI is InChI=1S/C17H14O6.C16H12O6.C12H10O6.2C10H8O6.C9H6O6/c1-7-2-3-8-9(11-6-13(18)22-15(11)19)5-12-14(10(8)4-7)17(21)23-16(12)20;17-12-6-10(14(18)21-12)9-5-11-13(16(20)22-15(11)19)8-4-2-1-3-7(8)9;13-9-3-1-4(10(14)17-9)8-6-2-5(7(3)8)11(15)18-12(6)16;11-6-2-3-4(8(12)15-6)1-5-7(3)10(14)16-9(5)13;11-7-3-1-4-6(10(14)16-8(4)12)2-5(3)9(13)15-7;10-6-2-1-3-5(4(2)8(12)14-6)9(13)15-7(3)11/h2-4,9,11-12,14H,5-6H2,1H3;1-4,9-11,13H,5-6H2;3-8H,1-2H2;3-5,7H,1-2H2;3-6H,1-2H2;2-5H,1H2. The van der Waals surface area contributed by atoms with Crippen LogP contribution in [0.15, 0.2) is 42.5 Å². The molecule has 0 radical (unpaired) electrons. The van der Waals surface area contributed by atoms with Gasteiger partial charge >= 0.3 is 143 Å². The summed E-state index contributed by atoms with van der Waals surface area (Å²) in [6.07, 6.45) is 2.32. The quantitative estimate of drug-likeness (QED) is 0.164. The van der Waals surface area contributed by atoms with E-state index in [0.717, 1.165) is 22.3 Å².